The monoisotopic (exact) mass is 231 g/mol. The summed E-state index contributed by atoms with van der Waals surface area (Å²) in [5.41, 5.74) is 0.508. The molecule has 4 heteroatoms. The second kappa shape index (κ2) is 5.65. The first kappa shape index (κ1) is 11.9. The Labute approximate surface area is 102 Å². The lowest BCUT2D eigenvalue weighted by Crippen LogP contribution is -2.35. The number of nitriles is 1. The highest BCUT2D eigenvalue weighted by Crippen LogP contribution is 2.22. The smallest absolute Gasteiger partial charge is 0.231 e. The Morgan fingerprint density at radius 1 is 1.53 bits per heavy atom. The highest BCUT2D eigenvalue weighted by Gasteiger charge is 2.22. The lowest BCUT2D eigenvalue weighted by molar-refractivity contribution is 0.122. The second-order valence-corrected chi connectivity index (χ2v) is 4.38. The van der Waals surface area contributed by atoms with Gasteiger partial charge in [0.25, 0.3) is 0 Å². The van der Waals surface area contributed by atoms with Gasteiger partial charge in [0.15, 0.2) is 0 Å². The number of nitrogens with zero attached hydrogens (tertiary/aromatic N) is 2. The zero-order valence-electron chi connectivity index (χ0n) is 10.0. The Kier molecular flexibility index (Phi) is 3.94. The summed E-state index contributed by atoms with van der Waals surface area (Å²) in [5.74, 6) is 1.01. The van der Waals surface area contributed by atoms with Crippen LogP contribution in [-0.2, 0) is 0 Å². The van der Waals surface area contributed by atoms with E-state index in [9.17, 15) is 0 Å². The molecule has 0 spiro atoms. The molecule has 0 radical (unpaired) electrons. The van der Waals surface area contributed by atoms with E-state index in [-0.39, 0.29) is 6.10 Å². The molecule has 1 aliphatic heterocycles. The van der Waals surface area contributed by atoms with Crippen molar-refractivity contribution < 1.29 is 4.74 Å². The van der Waals surface area contributed by atoms with Crippen LogP contribution in [0.15, 0.2) is 18.3 Å². The molecule has 0 bridgehead atoms. The van der Waals surface area contributed by atoms with Crippen LogP contribution >= 0.6 is 0 Å². The van der Waals surface area contributed by atoms with Gasteiger partial charge in [0.2, 0.25) is 5.88 Å². The van der Waals surface area contributed by atoms with Gasteiger partial charge in [-0.25, -0.2) is 4.98 Å². The summed E-state index contributed by atoms with van der Waals surface area (Å²) in [6.45, 7) is 4.16. The van der Waals surface area contributed by atoms with Crippen molar-refractivity contribution in [2.75, 3.05) is 13.1 Å². The predicted molar refractivity (Wildman–Crippen MR) is 64.6 cm³/mol. The van der Waals surface area contributed by atoms with Crippen LogP contribution in [0.1, 0.15) is 25.3 Å². The molecular weight excluding hydrogens is 214 g/mol. The van der Waals surface area contributed by atoms with Crippen LogP contribution in [0.2, 0.25) is 0 Å². The molecule has 1 aromatic rings. The number of nitrogens with one attached hydrogen (secondary N) is 1. The third-order valence-electron chi connectivity index (χ3n) is 3.24. The minimum atomic E-state index is 0.110. The summed E-state index contributed by atoms with van der Waals surface area (Å²) >= 11 is 0. The van der Waals surface area contributed by atoms with Gasteiger partial charge in [0.1, 0.15) is 17.7 Å². The Balaban J connectivity index is 2.02. The van der Waals surface area contributed by atoms with Crippen LogP contribution in [0.25, 0.3) is 0 Å². The van der Waals surface area contributed by atoms with Crippen molar-refractivity contribution >= 4 is 0 Å². The predicted octanol–water partition coefficient (Wildman–Crippen LogP) is 1.72. The Hall–Kier alpha value is -1.60. The van der Waals surface area contributed by atoms with Gasteiger partial charge in [-0.1, -0.05) is 0 Å². The average molecular weight is 231 g/mol. The molecule has 0 aromatic carbocycles. The fourth-order valence-corrected chi connectivity index (χ4v) is 2.16. The highest BCUT2D eigenvalue weighted by atomic mass is 16.5. The first-order chi connectivity index (χ1) is 8.31. The SMILES string of the molecule is CC(Oc1ncccc1C#N)C1CCNCC1. The summed E-state index contributed by atoms with van der Waals surface area (Å²) in [6.07, 6.45) is 4.01. The minimum Gasteiger partial charge on any atom is -0.473 e. The van der Waals surface area contributed by atoms with E-state index in [1.54, 1.807) is 18.3 Å². The van der Waals surface area contributed by atoms with Crippen LogP contribution < -0.4 is 10.1 Å². The molecule has 4 nitrogen and oxygen atoms in total. The van der Waals surface area contributed by atoms with Gasteiger partial charge in [0, 0.05) is 6.20 Å². The van der Waals surface area contributed by atoms with Crippen molar-refractivity contribution in [3.05, 3.63) is 23.9 Å². The third-order valence-corrected chi connectivity index (χ3v) is 3.24. The molecule has 0 amide bonds. The molecule has 1 N–H and O–H groups in total. The van der Waals surface area contributed by atoms with Crippen molar-refractivity contribution in [1.82, 2.24) is 10.3 Å². The number of pyridine rings is 1. The molecule has 2 heterocycles. The number of hydrogen-bond donors (Lipinski definition) is 1. The summed E-state index contributed by atoms with van der Waals surface area (Å²) in [4.78, 5) is 4.12. The summed E-state index contributed by atoms with van der Waals surface area (Å²) < 4.78 is 5.81. The van der Waals surface area contributed by atoms with Gasteiger partial charge >= 0.3 is 0 Å². The fourth-order valence-electron chi connectivity index (χ4n) is 2.16. The molecular formula is C13H17N3O. The van der Waals surface area contributed by atoms with E-state index in [0.29, 0.717) is 17.4 Å². The van der Waals surface area contributed by atoms with E-state index < -0.39 is 0 Å². The average Bonchev–Trinajstić information content (AvgIpc) is 2.40. The first-order valence-corrected chi connectivity index (χ1v) is 6.03. The van der Waals surface area contributed by atoms with Gasteiger partial charge in [-0.05, 0) is 50.9 Å². The van der Waals surface area contributed by atoms with Crippen molar-refractivity contribution in [2.45, 2.75) is 25.9 Å². The molecule has 0 saturated carbocycles. The van der Waals surface area contributed by atoms with Crippen LogP contribution in [0.5, 0.6) is 5.88 Å². The Morgan fingerprint density at radius 3 is 3.00 bits per heavy atom. The topological polar surface area (TPSA) is 57.9 Å². The van der Waals surface area contributed by atoms with Gasteiger partial charge in [0.05, 0.1) is 0 Å². The summed E-state index contributed by atoms with van der Waals surface area (Å²) in [7, 11) is 0. The molecule has 1 saturated heterocycles. The third kappa shape index (κ3) is 2.95. The van der Waals surface area contributed by atoms with Gasteiger partial charge in [-0.2, -0.15) is 5.26 Å². The van der Waals surface area contributed by atoms with Crippen LogP contribution in [0.3, 0.4) is 0 Å². The van der Waals surface area contributed by atoms with Gasteiger partial charge in [-0.3, -0.25) is 0 Å². The highest BCUT2D eigenvalue weighted by molar-refractivity contribution is 5.37. The minimum absolute atomic E-state index is 0.110. The van der Waals surface area contributed by atoms with E-state index in [0.717, 1.165) is 25.9 Å². The Morgan fingerprint density at radius 2 is 2.29 bits per heavy atom. The molecule has 2 rings (SSSR count). The molecule has 1 atom stereocenters. The maximum absolute atomic E-state index is 8.96. The molecule has 90 valence electrons. The van der Waals surface area contributed by atoms with E-state index in [2.05, 4.69) is 23.3 Å². The molecule has 1 fully saturated rings. The first-order valence-electron chi connectivity index (χ1n) is 6.03. The molecule has 1 unspecified atom stereocenters. The summed E-state index contributed by atoms with van der Waals surface area (Å²) in [6, 6.07) is 5.59. The zero-order valence-corrected chi connectivity index (χ0v) is 10.0. The number of rotatable bonds is 3. The molecule has 1 aliphatic rings. The number of piperidine rings is 1. The lowest BCUT2D eigenvalue weighted by atomic mass is 9.93. The quantitative estimate of drug-likeness (QED) is 0.860. The number of ether oxygens (including phenoxy) is 1. The largest absolute Gasteiger partial charge is 0.473 e. The Bertz CT molecular complexity index is 407. The molecule has 17 heavy (non-hydrogen) atoms. The zero-order chi connectivity index (χ0) is 12.1. The van der Waals surface area contributed by atoms with Crippen molar-refractivity contribution in [3.8, 4) is 11.9 Å². The van der Waals surface area contributed by atoms with Gasteiger partial charge < -0.3 is 10.1 Å². The van der Waals surface area contributed by atoms with E-state index >= 15 is 0 Å². The second-order valence-electron chi connectivity index (χ2n) is 4.38. The standard InChI is InChI=1S/C13H17N3O/c1-10(11-4-7-15-8-5-11)17-13-12(9-14)3-2-6-16-13/h2-3,6,10-11,15H,4-5,7-8H2,1H3. The van der Waals surface area contributed by atoms with Crippen LogP contribution in [0, 0.1) is 17.2 Å². The summed E-state index contributed by atoms with van der Waals surface area (Å²) in [5, 5.41) is 12.3. The van der Waals surface area contributed by atoms with E-state index in [1.807, 2.05) is 0 Å². The van der Waals surface area contributed by atoms with Crippen LogP contribution in [-0.4, -0.2) is 24.2 Å². The maximum atomic E-state index is 8.96. The number of hydrogen-bond acceptors (Lipinski definition) is 4. The fraction of sp³-hybridized carbons (Fsp3) is 0.538. The number of aromatic nitrogens is 1. The molecule has 0 aliphatic carbocycles. The van der Waals surface area contributed by atoms with E-state index in [1.165, 1.54) is 0 Å². The van der Waals surface area contributed by atoms with E-state index in [4.69, 9.17) is 10.00 Å². The van der Waals surface area contributed by atoms with Gasteiger partial charge in [-0.15, -0.1) is 0 Å². The molecule has 1 aromatic heterocycles. The lowest BCUT2D eigenvalue weighted by Gasteiger charge is -2.28. The normalized spacial score (nSPS) is 18.4. The maximum Gasteiger partial charge on any atom is 0.231 e. The van der Waals surface area contributed by atoms with Crippen LogP contribution in [0.4, 0.5) is 0 Å². The van der Waals surface area contributed by atoms with Crippen molar-refractivity contribution in [2.24, 2.45) is 5.92 Å². The van der Waals surface area contributed by atoms with Crippen molar-refractivity contribution in [3.63, 3.8) is 0 Å². The van der Waals surface area contributed by atoms with Crippen molar-refractivity contribution in [1.29, 1.82) is 5.26 Å².